The van der Waals surface area contributed by atoms with E-state index in [4.69, 9.17) is 30.5 Å². The summed E-state index contributed by atoms with van der Waals surface area (Å²) in [5, 5.41) is 1.08. The molecule has 0 spiro atoms. The van der Waals surface area contributed by atoms with Crippen LogP contribution in [0, 0.1) is 0 Å². The van der Waals surface area contributed by atoms with Crippen LogP contribution in [0.4, 0.5) is 0 Å². The van der Waals surface area contributed by atoms with Crippen molar-refractivity contribution >= 4 is 31.0 Å². The number of hydrogen-bond acceptors (Lipinski definition) is 5. The molecule has 0 N–H and O–H groups in total. The number of hydrogen-bond donors (Lipinski definition) is 0. The second-order valence-electron chi connectivity index (χ2n) is 6.61. The molecule has 0 bridgehead atoms. The first kappa shape index (κ1) is 27.7. The third-order valence-corrected chi connectivity index (χ3v) is 5.63. The maximum Gasteiger partial charge on any atom is 1.00 e. The Kier molecular flexibility index (Phi) is 13.1. The van der Waals surface area contributed by atoms with Gasteiger partial charge in [-0.25, -0.2) is 0 Å². The van der Waals surface area contributed by atoms with E-state index in [1.54, 1.807) is 18.2 Å². The Bertz CT molecular complexity index is 824. The molecule has 2 aromatic carbocycles. The second kappa shape index (κ2) is 14.6. The van der Waals surface area contributed by atoms with Crippen LogP contribution in [0.2, 0.25) is 5.02 Å². The largest absolute Gasteiger partial charge is 1.00 e. The van der Waals surface area contributed by atoms with Crippen molar-refractivity contribution in [2.24, 2.45) is 0 Å². The van der Waals surface area contributed by atoms with E-state index in [1.165, 1.54) is 7.11 Å². The molecule has 166 valence electrons. The third-order valence-electron chi connectivity index (χ3n) is 4.10. The van der Waals surface area contributed by atoms with Gasteiger partial charge in [-0.05, 0) is 40.0 Å². The number of halogens is 1. The molecule has 1 atom stereocenters. The van der Waals surface area contributed by atoms with Crippen LogP contribution in [0.25, 0.3) is 0 Å². The molecule has 2 rings (SSSR count). The number of methoxy groups -OCH3 is 1. The molecule has 0 saturated heterocycles. The maximum absolute atomic E-state index is 13.2. The van der Waals surface area contributed by atoms with Crippen molar-refractivity contribution in [1.29, 1.82) is 0 Å². The number of carbonyl (C=O) groups excluding carboxylic acids is 1. The minimum Gasteiger partial charge on any atom is -1.00 e. The molecule has 5 nitrogen and oxygen atoms in total. The van der Waals surface area contributed by atoms with Gasteiger partial charge in [0.25, 0.3) is 0 Å². The Labute approximate surface area is 205 Å². The van der Waals surface area contributed by atoms with Crippen molar-refractivity contribution in [1.82, 2.24) is 0 Å². The van der Waals surface area contributed by atoms with E-state index in [0.29, 0.717) is 58.7 Å². The summed E-state index contributed by atoms with van der Waals surface area (Å²) in [6, 6.07) is 8.85. The van der Waals surface area contributed by atoms with E-state index < -0.39 is 0 Å². The molecule has 0 radical (unpaired) electrons. The molecule has 31 heavy (non-hydrogen) atoms. The average molecular weight is 461 g/mol. The SMILES string of the molecule is CCCOc1cc(OCCC)c(PC(=O)c2c(Cl)cccc2OC)c(OCCC)c1.[H-].[Li+]. The quantitative estimate of drug-likeness (QED) is 0.340. The molecule has 1 unspecified atom stereocenters. The fraction of sp³-hybridized carbons (Fsp3) is 0.435. The number of rotatable bonds is 13. The summed E-state index contributed by atoms with van der Waals surface area (Å²) in [7, 11) is 1.29. The Balaban J connectivity index is 0.00000480. The van der Waals surface area contributed by atoms with Gasteiger partial charge in [0.15, 0.2) is 5.52 Å². The van der Waals surface area contributed by atoms with Crippen molar-refractivity contribution in [2.45, 2.75) is 40.0 Å². The van der Waals surface area contributed by atoms with Gasteiger partial charge in [-0.3, -0.25) is 4.79 Å². The first-order chi connectivity index (χ1) is 14.5. The summed E-state index contributed by atoms with van der Waals surface area (Å²) in [6.45, 7) is 7.78. The van der Waals surface area contributed by atoms with Crippen molar-refractivity contribution in [2.75, 3.05) is 26.9 Å². The number of benzene rings is 2. The van der Waals surface area contributed by atoms with Crippen molar-refractivity contribution in [3.63, 3.8) is 0 Å². The summed E-state index contributed by atoms with van der Waals surface area (Å²) in [6.07, 6.45) is 2.59. The molecule has 8 heteroatoms. The Morgan fingerprint density at radius 3 is 2.00 bits per heavy atom. The van der Waals surface area contributed by atoms with Gasteiger partial charge in [0.2, 0.25) is 0 Å². The molecule has 0 aliphatic carbocycles. The monoisotopic (exact) mass is 460 g/mol. The predicted molar refractivity (Wildman–Crippen MR) is 125 cm³/mol. The Morgan fingerprint density at radius 1 is 0.935 bits per heavy atom. The van der Waals surface area contributed by atoms with Gasteiger partial charge in [-0.1, -0.05) is 38.4 Å². The van der Waals surface area contributed by atoms with Gasteiger partial charge in [-0.15, -0.1) is 0 Å². The molecule has 0 aliphatic heterocycles. The fourth-order valence-electron chi connectivity index (χ4n) is 2.71. The van der Waals surface area contributed by atoms with Gasteiger partial charge < -0.3 is 20.4 Å². The zero-order valence-electron chi connectivity index (χ0n) is 20.0. The molecular weight excluding hydrogens is 430 g/mol. The van der Waals surface area contributed by atoms with Crippen LogP contribution >= 0.6 is 20.2 Å². The Morgan fingerprint density at radius 2 is 1.48 bits per heavy atom. The molecule has 2 aromatic rings. The normalized spacial score (nSPS) is 10.6. The van der Waals surface area contributed by atoms with Crippen LogP contribution in [-0.2, 0) is 0 Å². The van der Waals surface area contributed by atoms with Gasteiger partial charge in [0.1, 0.15) is 23.0 Å². The standard InChI is InChI=1S/C23H30ClO5P.Li.H/c1-5-11-27-16-14-19(28-12-6-2)22(20(15-16)29-13-7-3)30-23(25)21-17(24)9-8-10-18(21)26-4;;/h8-10,14-15,30H,5-7,11-13H2,1-4H3;;/q;+1;-1. The van der Waals surface area contributed by atoms with Gasteiger partial charge in [0.05, 0.1) is 42.8 Å². The van der Waals surface area contributed by atoms with E-state index in [-0.39, 0.29) is 34.4 Å². The summed E-state index contributed by atoms with van der Waals surface area (Å²) in [5.74, 6) is 2.34. The average Bonchev–Trinajstić information content (AvgIpc) is 2.75. The van der Waals surface area contributed by atoms with Gasteiger partial charge >= 0.3 is 18.9 Å². The summed E-state index contributed by atoms with van der Waals surface area (Å²) in [4.78, 5) is 13.2. The molecule has 0 amide bonds. The molecule has 0 heterocycles. The summed E-state index contributed by atoms with van der Waals surface area (Å²) in [5.41, 5.74) is 0.233. The Hall–Kier alpha value is -1.37. The molecule has 0 fully saturated rings. The van der Waals surface area contributed by atoms with E-state index in [2.05, 4.69) is 0 Å². The van der Waals surface area contributed by atoms with Crippen molar-refractivity contribution in [3.05, 3.63) is 40.9 Å². The second-order valence-corrected chi connectivity index (χ2v) is 8.22. The zero-order valence-corrected chi connectivity index (χ0v) is 20.8. The summed E-state index contributed by atoms with van der Waals surface area (Å²) < 4.78 is 23.1. The van der Waals surface area contributed by atoms with Crippen molar-refractivity contribution in [3.8, 4) is 23.0 Å². The molecule has 0 aliphatic rings. The van der Waals surface area contributed by atoms with Crippen LogP contribution in [0.5, 0.6) is 23.0 Å². The van der Waals surface area contributed by atoms with Gasteiger partial charge in [0, 0.05) is 12.1 Å². The van der Waals surface area contributed by atoms with Crippen LogP contribution in [0.3, 0.4) is 0 Å². The van der Waals surface area contributed by atoms with Gasteiger partial charge in [-0.2, -0.15) is 0 Å². The smallest absolute Gasteiger partial charge is 1.00 e. The van der Waals surface area contributed by atoms with E-state index >= 15 is 0 Å². The first-order valence-electron chi connectivity index (χ1n) is 10.3. The minimum absolute atomic E-state index is 0. The molecule has 0 saturated carbocycles. The van der Waals surface area contributed by atoms with Crippen LogP contribution in [0.15, 0.2) is 30.3 Å². The first-order valence-corrected chi connectivity index (χ1v) is 11.6. The number of carbonyl (C=O) groups is 1. The third kappa shape index (κ3) is 7.92. The number of ether oxygens (including phenoxy) is 4. The van der Waals surface area contributed by atoms with E-state index in [1.807, 2.05) is 32.9 Å². The molecule has 0 aromatic heterocycles. The summed E-state index contributed by atoms with van der Waals surface area (Å²) >= 11 is 6.32. The van der Waals surface area contributed by atoms with Crippen LogP contribution in [0.1, 0.15) is 51.8 Å². The fourth-order valence-corrected chi connectivity index (χ4v) is 4.19. The van der Waals surface area contributed by atoms with Crippen LogP contribution in [-0.4, -0.2) is 32.5 Å². The van der Waals surface area contributed by atoms with Crippen LogP contribution < -0.4 is 43.1 Å². The van der Waals surface area contributed by atoms with E-state index in [0.717, 1.165) is 19.3 Å². The predicted octanol–water partition coefficient (Wildman–Crippen LogP) is 2.98. The molecular formula is C23H31ClLiO5P. The maximum atomic E-state index is 13.2. The topological polar surface area (TPSA) is 54.0 Å². The van der Waals surface area contributed by atoms with E-state index in [9.17, 15) is 4.79 Å². The van der Waals surface area contributed by atoms with Crippen molar-refractivity contribution < 1.29 is 44.0 Å². The minimum atomic E-state index is -0.239. The zero-order chi connectivity index (χ0) is 21.9.